The maximum Gasteiger partial charge on any atom is 0.214 e. The maximum atomic E-state index is 12.1. The molecule has 2 aromatic rings. The molecule has 1 aliphatic heterocycles. The molecular formula is C17H21NO3S2. The first-order valence-electron chi connectivity index (χ1n) is 7.74. The number of sulfonamides is 1. The molecule has 1 N–H and O–H groups in total. The quantitative estimate of drug-likeness (QED) is 0.896. The van der Waals surface area contributed by atoms with Crippen molar-refractivity contribution in [2.75, 3.05) is 6.61 Å². The van der Waals surface area contributed by atoms with E-state index in [0.717, 1.165) is 5.56 Å². The summed E-state index contributed by atoms with van der Waals surface area (Å²) in [5.74, 6) is 0. The van der Waals surface area contributed by atoms with Gasteiger partial charge >= 0.3 is 0 Å². The fourth-order valence-corrected chi connectivity index (χ4v) is 4.33. The molecule has 6 heteroatoms. The van der Waals surface area contributed by atoms with E-state index < -0.39 is 15.3 Å². The molecular weight excluding hydrogens is 330 g/mol. The van der Waals surface area contributed by atoms with Gasteiger partial charge in [0.05, 0.1) is 17.4 Å². The number of rotatable bonds is 5. The molecule has 0 unspecified atom stereocenters. The molecule has 1 fully saturated rings. The minimum absolute atomic E-state index is 0.199. The van der Waals surface area contributed by atoms with Crippen LogP contribution in [0.2, 0.25) is 0 Å². The van der Waals surface area contributed by atoms with Crippen molar-refractivity contribution in [2.24, 2.45) is 0 Å². The molecule has 0 radical (unpaired) electrons. The van der Waals surface area contributed by atoms with Gasteiger partial charge in [0.1, 0.15) is 0 Å². The third-order valence-corrected chi connectivity index (χ3v) is 6.86. The summed E-state index contributed by atoms with van der Waals surface area (Å²) in [6.45, 7) is 3.94. The Morgan fingerprint density at radius 3 is 2.57 bits per heavy atom. The van der Waals surface area contributed by atoms with Crippen LogP contribution in [0.5, 0.6) is 0 Å². The van der Waals surface area contributed by atoms with Gasteiger partial charge in [0.2, 0.25) is 10.0 Å². The lowest BCUT2D eigenvalue weighted by atomic mass is 10.0. The molecule has 2 atom stereocenters. The highest BCUT2D eigenvalue weighted by molar-refractivity contribution is 7.90. The van der Waals surface area contributed by atoms with Gasteiger partial charge < -0.3 is 4.74 Å². The summed E-state index contributed by atoms with van der Waals surface area (Å²) < 4.78 is 32.8. The molecule has 2 heterocycles. The summed E-state index contributed by atoms with van der Waals surface area (Å²) in [7, 11) is -3.29. The highest BCUT2D eigenvalue weighted by Gasteiger charge is 2.33. The monoisotopic (exact) mass is 351 g/mol. The number of nitrogens with one attached hydrogen (secondary N) is 1. The first kappa shape index (κ1) is 16.6. The topological polar surface area (TPSA) is 55.4 Å². The molecule has 1 aromatic heterocycles. The molecule has 1 saturated heterocycles. The van der Waals surface area contributed by atoms with E-state index >= 15 is 0 Å². The molecule has 0 saturated carbocycles. The predicted molar refractivity (Wildman–Crippen MR) is 94.0 cm³/mol. The average Bonchev–Trinajstić information content (AvgIpc) is 3.18. The average molecular weight is 351 g/mol. The van der Waals surface area contributed by atoms with Crippen molar-refractivity contribution in [2.45, 2.75) is 37.7 Å². The molecule has 3 rings (SSSR count). The summed E-state index contributed by atoms with van der Waals surface area (Å²) in [5.41, 5.74) is 2.18. The van der Waals surface area contributed by atoms with Crippen LogP contribution in [-0.4, -0.2) is 26.3 Å². The van der Waals surface area contributed by atoms with Crippen LogP contribution in [0.3, 0.4) is 0 Å². The van der Waals surface area contributed by atoms with Gasteiger partial charge in [-0.3, -0.25) is 0 Å². The third kappa shape index (κ3) is 3.66. The van der Waals surface area contributed by atoms with Crippen LogP contribution in [0.4, 0.5) is 0 Å². The molecule has 0 amide bonds. The standard InChI is InChI=1S/C17H21NO3S2/c1-12(2)23(19,20)18-15-9-10-21-17(15)14-7-5-13(6-8-14)16-4-3-11-22-16/h3-8,11-12,15,17-18H,9-10H2,1-2H3/t15-,17-/m0/s1. The van der Waals surface area contributed by atoms with E-state index in [2.05, 4.69) is 28.3 Å². The number of hydrogen-bond donors (Lipinski definition) is 1. The van der Waals surface area contributed by atoms with Crippen LogP contribution < -0.4 is 4.72 Å². The van der Waals surface area contributed by atoms with Crippen molar-refractivity contribution in [3.05, 3.63) is 47.3 Å². The van der Waals surface area contributed by atoms with E-state index in [1.54, 1.807) is 25.2 Å². The molecule has 1 aliphatic rings. The van der Waals surface area contributed by atoms with Crippen LogP contribution in [0.1, 0.15) is 31.9 Å². The Morgan fingerprint density at radius 2 is 1.96 bits per heavy atom. The fourth-order valence-electron chi connectivity index (χ4n) is 2.67. The second-order valence-electron chi connectivity index (χ2n) is 6.00. The van der Waals surface area contributed by atoms with Crippen LogP contribution in [-0.2, 0) is 14.8 Å². The Morgan fingerprint density at radius 1 is 1.22 bits per heavy atom. The minimum Gasteiger partial charge on any atom is -0.372 e. The van der Waals surface area contributed by atoms with Crippen molar-refractivity contribution < 1.29 is 13.2 Å². The first-order chi connectivity index (χ1) is 11.0. The largest absolute Gasteiger partial charge is 0.372 e. The van der Waals surface area contributed by atoms with Gasteiger partial charge in [0.15, 0.2) is 0 Å². The highest BCUT2D eigenvalue weighted by atomic mass is 32.2. The Kier molecular flexibility index (Phi) is 4.87. The van der Waals surface area contributed by atoms with Crippen molar-refractivity contribution in [1.82, 2.24) is 4.72 Å². The Bertz CT molecular complexity index is 737. The molecule has 1 aromatic carbocycles. The number of benzene rings is 1. The van der Waals surface area contributed by atoms with Crippen LogP contribution in [0.25, 0.3) is 10.4 Å². The van der Waals surface area contributed by atoms with Crippen LogP contribution in [0.15, 0.2) is 41.8 Å². The van der Waals surface area contributed by atoms with Gasteiger partial charge in [0, 0.05) is 11.5 Å². The SMILES string of the molecule is CC(C)S(=O)(=O)N[C@H]1CCO[C@H]1c1ccc(-c2cccs2)cc1. The summed E-state index contributed by atoms with van der Waals surface area (Å²) in [6, 6.07) is 12.1. The van der Waals surface area contributed by atoms with Crippen molar-refractivity contribution >= 4 is 21.4 Å². The Balaban J connectivity index is 1.78. The number of ether oxygens (including phenoxy) is 1. The molecule has 124 valence electrons. The van der Waals surface area contributed by atoms with E-state index in [1.165, 1.54) is 10.4 Å². The van der Waals surface area contributed by atoms with E-state index in [0.29, 0.717) is 13.0 Å². The summed E-state index contributed by atoms with van der Waals surface area (Å²) in [4.78, 5) is 1.22. The summed E-state index contributed by atoms with van der Waals surface area (Å²) >= 11 is 1.70. The maximum absolute atomic E-state index is 12.1. The molecule has 0 spiro atoms. The molecule has 4 nitrogen and oxygen atoms in total. The van der Waals surface area contributed by atoms with Gasteiger partial charge in [-0.2, -0.15) is 0 Å². The van der Waals surface area contributed by atoms with E-state index in [9.17, 15) is 8.42 Å². The van der Waals surface area contributed by atoms with Gasteiger partial charge in [-0.05, 0) is 42.8 Å². The minimum atomic E-state index is -3.29. The molecule has 0 bridgehead atoms. The van der Waals surface area contributed by atoms with Gasteiger partial charge in [-0.25, -0.2) is 13.1 Å². The smallest absolute Gasteiger partial charge is 0.214 e. The second kappa shape index (κ2) is 6.73. The summed E-state index contributed by atoms with van der Waals surface area (Å²) in [6.07, 6.45) is 0.476. The van der Waals surface area contributed by atoms with Crippen LogP contribution >= 0.6 is 11.3 Å². The van der Waals surface area contributed by atoms with E-state index in [-0.39, 0.29) is 12.1 Å². The molecule has 23 heavy (non-hydrogen) atoms. The van der Waals surface area contributed by atoms with Crippen molar-refractivity contribution in [3.8, 4) is 10.4 Å². The first-order valence-corrected chi connectivity index (χ1v) is 10.2. The lowest BCUT2D eigenvalue weighted by Crippen LogP contribution is -2.40. The zero-order valence-corrected chi connectivity index (χ0v) is 14.9. The normalized spacial score (nSPS) is 21.9. The number of hydrogen-bond acceptors (Lipinski definition) is 4. The lowest BCUT2D eigenvalue weighted by Gasteiger charge is -2.21. The highest BCUT2D eigenvalue weighted by Crippen LogP contribution is 2.32. The summed E-state index contributed by atoms with van der Waals surface area (Å²) in [5, 5.41) is 1.62. The van der Waals surface area contributed by atoms with Gasteiger partial charge in [0.25, 0.3) is 0 Å². The lowest BCUT2D eigenvalue weighted by molar-refractivity contribution is 0.102. The predicted octanol–water partition coefficient (Wildman–Crippen LogP) is 3.57. The van der Waals surface area contributed by atoms with Crippen molar-refractivity contribution in [3.63, 3.8) is 0 Å². The van der Waals surface area contributed by atoms with Gasteiger partial charge in [-0.15, -0.1) is 11.3 Å². The van der Waals surface area contributed by atoms with Gasteiger partial charge in [-0.1, -0.05) is 30.3 Å². The Labute approximate surface area is 141 Å². The zero-order valence-electron chi connectivity index (χ0n) is 13.2. The zero-order chi connectivity index (χ0) is 16.4. The van der Waals surface area contributed by atoms with E-state index in [4.69, 9.17) is 4.74 Å². The van der Waals surface area contributed by atoms with Crippen molar-refractivity contribution in [1.29, 1.82) is 0 Å². The third-order valence-electron chi connectivity index (χ3n) is 4.07. The number of thiophene rings is 1. The second-order valence-corrected chi connectivity index (χ2v) is 9.21. The molecule has 0 aliphatic carbocycles. The fraction of sp³-hybridized carbons (Fsp3) is 0.412. The van der Waals surface area contributed by atoms with E-state index in [1.807, 2.05) is 18.2 Å². The Hall–Kier alpha value is -1.21. The van der Waals surface area contributed by atoms with Crippen LogP contribution in [0, 0.1) is 0 Å².